The van der Waals surface area contributed by atoms with Crippen molar-refractivity contribution in [2.24, 2.45) is 23.7 Å². The van der Waals surface area contributed by atoms with Gasteiger partial charge in [0.1, 0.15) is 0 Å². The zero-order chi connectivity index (χ0) is 25.2. The zero-order valence-corrected chi connectivity index (χ0v) is 20.6. The number of rotatable bonds is 2. The number of ether oxygens (including phenoxy) is 1. The molecule has 1 saturated heterocycles. The van der Waals surface area contributed by atoms with E-state index in [1.165, 1.54) is 12.2 Å². The van der Waals surface area contributed by atoms with Crippen molar-refractivity contribution in [2.75, 3.05) is 0 Å². The molecule has 2 fully saturated rings. The van der Waals surface area contributed by atoms with E-state index in [1.807, 2.05) is 49.4 Å². The number of amides is 1. The van der Waals surface area contributed by atoms with Gasteiger partial charge in [-0.05, 0) is 48.3 Å². The first-order valence-electron chi connectivity index (χ1n) is 12.7. The number of benzene rings is 1. The number of esters is 1. The van der Waals surface area contributed by atoms with Gasteiger partial charge in [0.05, 0.1) is 18.1 Å². The van der Waals surface area contributed by atoms with Crippen LogP contribution < -0.4 is 5.32 Å². The smallest absolute Gasteiger partial charge is 0.331 e. The Morgan fingerprint density at radius 2 is 1.86 bits per heavy atom. The minimum Gasteiger partial charge on any atom is -0.445 e. The van der Waals surface area contributed by atoms with Gasteiger partial charge in [-0.2, -0.15) is 0 Å². The van der Waals surface area contributed by atoms with Crippen molar-refractivity contribution < 1.29 is 24.5 Å². The van der Waals surface area contributed by atoms with Crippen LogP contribution in [-0.2, 0) is 20.7 Å². The highest BCUT2D eigenvalue weighted by atomic mass is 16.6. The number of aliphatic hydroxyl groups excluding tert-OH is 2. The molecule has 2 aliphatic heterocycles. The summed E-state index contributed by atoms with van der Waals surface area (Å²) in [6.45, 7) is 8.27. The Kier molecular flexibility index (Phi) is 7.62. The van der Waals surface area contributed by atoms with Gasteiger partial charge in [0, 0.05) is 18.0 Å². The van der Waals surface area contributed by atoms with Crippen LogP contribution >= 0.6 is 0 Å². The van der Waals surface area contributed by atoms with Crippen LogP contribution in [0.25, 0.3) is 0 Å². The predicted octanol–water partition coefficient (Wildman–Crippen LogP) is 3.49. The largest absolute Gasteiger partial charge is 0.445 e. The monoisotopic (exact) mass is 479 g/mol. The molecular weight excluding hydrogens is 442 g/mol. The van der Waals surface area contributed by atoms with Crippen LogP contribution in [0.3, 0.4) is 0 Å². The molecule has 35 heavy (non-hydrogen) atoms. The van der Waals surface area contributed by atoms with Gasteiger partial charge in [-0.25, -0.2) is 4.79 Å². The van der Waals surface area contributed by atoms with Gasteiger partial charge in [0.25, 0.3) is 5.91 Å². The molecule has 3 aliphatic rings. The maximum atomic E-state index is 13.7. The molecule has 4 rings (SSSR count). The fourth-order valence-electron chi connectivity index (χ4n) is 6.09. The fraction of sp³-hybridized carbons (Fsp3) is 0.517. The quantitative estimate of drug-likeness (QED) is 0.446. The molecule has 2 heterocycles. The van der Waals surface area contributed by atoms with E-state index >= 15 is 0 Å². The van der Waals surface area contributed by atoms with E-state index in [0.717, 1.165) is 24.8 Å². The first kappa shape index (κ1) is 25.4. The highest BCUT2D eigenvalue weighted by Gasteiger charge is 2.67. The van der Waals surface area contributed by atoms with E-state index in [1.54, 1.807) is 0 Å². The lowest BCUT2D eigenvalue weighted by Gasteiger charge is -2.49. The van der Waals surface area contributed by atoms with Crippen molar-refractivity contribution in [3.8, 4) is 0 Å². The number of carbonyl (C=O) groups is 2. The topological polar surface area (TPSA) is 95.9 Å². The van der Waals surface area contributed by atoms with Gasteiger partial charge in [-0.15, -0.1) is 0 Å². The van der Waals surface area contributed by atoms with Gasteiger partial charge < -0.3 is 20.3 Å². The summed E-state index contributed by atoms with van der Waals surface area (Å²) in [5, 5.41) is 24.7. The van der Waals surface area contributed by atoms with Crippen LogP contribution in [0.15, 0.2) is 66.8 Å². The first-order chi connectivity index (χ1) is 16.7. The molecule has 6 nitrogen and oxygen atoms in total. The Morgan fingerprint density at radius 1 is 1.11 bits per heavy atom. The molecule has 1 spiro atoms. The van der Waals surface area contributed by atoms with Crippen molar-refractivity contribution in [3.63, 3.8) is 0 Å². The SMILES string of the molecule is C=C1[C@@H](C)C2C(Cc3ccccc3)NC(=O)[C@]23OC(=O)/C=C/[C@@H](O)CCC[C@@H](C)C/C=C/[C@H]3[C@@H]1O. The van der Waals surface area contributed by atoms with Gasteiger partial charge in [0.2, 0.25) is 5.60 Å². The van der Waals surface area contributed by atoms with E-state index in [2.05, 4.69) is 18.8 Å². The van der Waals surface area contributed by atoms with Crippen molar-refractivity contribution >= 4 is 11.9 Å². The van der Waals surface area contributed by atoms with E-state index in [4.69, 9.17) is 4.74 Å². The molecular formula is C29H37NO5. The minimum atomic E-state index is -1.57. The number of allylic oxidation sites excluding steroid dienone is 1. The van der Waals surface area contributed by atoms with Gasteiger partial charge in [0.15, 0.2) is 0 Å². The molecule has 1 aliphatic carbocycles. The number of nitrogens with one attached hydrogen (secondary N) is 1. The van der Waals surface area contributed by atoms with Crippen LogP contribution in [0.1, 0.15) is 45.1 Å². The zero-order valence-electron chi connectivity index (χ0n) is 20.6. The summed E-state index contributed by atoms with van der Waals surface area (Å²) in [7, 11) is 0. The average Bonchev–Trinajstić information content (AvgIpc) is 3.09. The number of hydrogen-bond acceptors (Lipinski definition) is 5. The average molecular weight is 480 g/mol. The Hall–Kier alpha value is -2.70. The summed E-state index contributed by atoms with van der Waals surface area (Å²) >= 11 is 0. The summed E-state index contributed by atoms with van der Waals surface area (Å²) in [5.41, 5.74) is 0.136. The van der Waals surface area contributed by atoms with Crippen molar-refractivity contribution in [2.45, 2.75) is 69.8 Å². The Morgan fingerprint density at radius 3 is 2.60 bits per heavy atom. The second kappa shape index (κ2) is 10.5. The molecule has 3 N–H and O–H groups in total. The predicted molar refractivity (Wildman–Crippen MR) is 134 cm³/mol. The van der Waals surface area contributed by atoms with Crippen LogP contribution in [-0.4, -0.2) is 45.9 Å². The van der Waals surface area contributed by atoms with Crippen LogP contribution in [0, 0.1) is 23.7 Å². The molecule has 0 aromatic heterocycles. The second-order valence-electron chi connectivity index (χ2n) is 10.5. The maximum Gasteiger partial charge on any atom is 0.331 e. The summed E-state index contributed by atoms with van der Waals surface area (Å²) < 4.78 is 6.05. The number of aliphatic hydroxyl groups is 2. The Bertz CT molecular complexity index is 1000. The summed E-state index contributed by atoms with van der Waals surface area (Å²) in [5.74, 6) is -2.13. The third kappa shape index (κ3) is 5.00. The highest BCUT2D eigenvalue weighted by molar-refractivity contribution is 5.94. The van der Waals surface area contributed by atoms with E-state index in [9.17, 15) is 19.8 Å². The second-order valence-corrected chi connectivity index (χ2v) is 10.5. The Labute approximate surface area is 207 Å². The summed E-state index contributed by atoms with van der Waals surface area (Å²) in [6, 6.07) is 9.59. The molecule has 2 unspecified atom stereocenters. The molecule has 1 aromatic rings. The van der Waals surface area contributed by atoms with Crippen molar-refractivity contribution in [3.05, 3.63) is 72.4 Å². The first-order valence-corrected chi connectivity index (χ1v) is 12.7. The third-order valence-corrected chi connectivity index (χ3v) is 8.04. The van der Waals surface area contributed by atoms with E-state index < -0.39 is 35.6 Å². The molecule has 1 amide bonds. The molecule has 0 bridgehead atoms. The lowest BCUT2D eigenvalue weighted by molar-refractivity contribution is -0.182. The van der Waals surface area contributed by atoms with Gasteiger partial charge in [-0.3, -0.25) is 4.79 Å². The third-order valence-electron chi connectivity index (χ3n) is 8.04. The van der Waals surface area contributed by atoms with Crippen molar-refractivity contribution in [1.29, 1.82) is 0 Å². The molecule has 1 saturated carbocycles. The van der Waals surface area contributed by atoms with E-state index in [-0.39, 0.29) is 17.9 Å². The normalized spacial score (nSPS) is 40.0. The molecule has 188 valence electrons. The minimum absolute atomic E-state index is 0.262. The summed E-state index contributed by atoms with van der Waals surface area (Å²) in [6.07, 6.45) is 8.39. The van der Waals surface area contributed by atoms with Gasteiger partial charge >= 0.3 is 5.97 Å². The molecule has 6 heteroatoms. The molecule has 1 aromatic carbocycles. The Balaban J connectivity index is 1.78. The number of carbonyl (C=O) groups excluding carboxylic acids is 2. The number of hydrogen-bond donors (Lipinski definition) is 3. The maximum absolute atomic E-state index is 13.7. The molecule has 0 radical (unpaired) electrons. The highest BCUT2D eigenvalue weighted by Crippen LogP contribution is 2.52. The van der Waals surface area contributed by atoms with E-state index in [0.29, 0.717) is 24.3 Å². The van der Waals surface area contributed by atoms with Crippen molar-refractivity contribution in [1.82, 2.24) is 5.32 Å². The fourth-order valence-corrected chi connectivity index (χ4v) is 6.09. The summed E-state index contributed by atoms with van der Waals surface area (Å²) in [4.78, 5) is 26.8. The lowest BCUT2D eigenvalue weighted by Crippen LogP contribution is -2.61. The standard InChI is InChI=1S/C29H37NO5/c1-18-9-7-13-22(31)15-16-25(32)35-29-23(14-8-10-18)27(33)20(3)19(2)26(29)24(30-28(29)34)17-21-11-5-4-6-12-21/h4-6,8,11-12,14-16,18-19,22-24,26-27,31,33H,3,7,9-10,13,17H2,1-2H3,(H,30,34)/b14-8+,16-15+/t18-,19-,22+,23+,24?,26?,27-,29-/m1/s1. The lowest BCUT2D eigenvalue weighted by atomic mass is 9.59. The van der Waals surface area contributed by atoms with Crippen LogP contribution in [0.4, 0.5) is 0 Å². The van der Waals surface area contributed by atoms with Crippen LogP contribution in [0.2, 0.25) is 0 Å². The van der Waals surface area contributed by atoms with Gasteiger partial charge in [-0.1, -0.05) is 75.8 Å². The molecule has 8 atom stereocenters. The van der Waals surface area contributed by atoms with Crippen LogP contribution in [0.5, 0.6) is 0 Å².